The molecule has 2 aromatic rings. The summed E-state index contributed by atoms with van der Waals surface area (Å²) in [5, 5.41) is 3.51. The molecule has 2 nitrogen and oxygen atoms in total. The smallest absolute Gasteiger partial charge is 0.0430 e. The lowest BCUT2D eigenvalue weighted by Crippen LogP contribution is -2.23. The molecule has 1 heterocycles. The fourth-order valence-corrected chi connectivity index (χ4v) is 3.07. The van der Waals surface area contributed by atoms with E-state index in [4.69, 9.17) is 0 Å². The van der Waals surface area contributed by atoms with Crippen LogP contribution in [-0.4, -0.2) is 17.3 Å². The highest BCUT2D eigenvalue weighted by Gasteiger charge is 2.10. The van der Waals surface area contributed by atoms with Gasteiger partial charge in [-0.3, -0.25) is 4.98 Å². The minimum Gasteiger partial charge on any atom is -0.309 e. The van der Waals surface area contributed by atoms with E-state index < -0.39 is 0 Å². The Kier molecular flexibility index (Phi) is 5.89. The molecule has 1 aromatic heterocycles. The van der Waals surface area contributed by atoms with Gasteiger partial charge < -0.3 is 5.32 Å². The van der Waals surface area contributed by atoms with E-state index in [1.807, 2.05) is 30.2 Å². The van der Waals surface area contributed by atoms with Crippen molar-refractivity contribution in [3.63, 3.8) is 0 Å². The molecular weight excluding hydrogens is 320 g/mol. The number of hydrogen-bond acceptors (Lipinski definition) is 3. The second-order valence-corrected chi connectivity index (χ2v) is 6.17. The molecule has 1 atom stereocenters. The Labute approximate surface area is 127 Å². The summed E-state index contributed by atoms with van der Waals surface area (Å²) in [5.41, 5.74) is 1.24. The van der Waals surface area contributed by atoms with Crippen molar-refractivity contribution in [3.05, 3.63) is 58.8 Å². The lowest BCUT2D eigenvalue weighted by atomic mass is 10.1. The zero-order valence-electron chi connectivity index (χ0n) is 10.8. The number of halogens is 1. The van der Waals surface area contributed by atoms with E-state index in [1.54, 1.807) is 0 Å². The van der Waals surface area contributed by atoms with Crippen LogP contribution in [0.1, 0.15) is 18.5 Å². The first-order valence-corrected chi connectivity index (χ1v) is 8.09. The highest BCUT2D eigenvalue weighted by molar-refractivity contribution is 9.10. The molecule has 0 saturated carbocycles. The number of benzene rings is 1. The summed E-state index contributed by atoms with van der Waals surface area (Å²) in [6, 6.07) is 12.9. The van der Waals surface area contributed by atoms with Gasteiger partial charge in [-0.25, -0.2) is 0 Å². The molecule has 19 heavy (non-hydrogen) atoms. The second-order valence-electron chi connectivity index (χ2n) is 4.16. The van der Waals surface area contributed by atoms with Gasteiger partial charge in [0.1, 0.15) is 0 Å². The third-order valence-corrected chi connectivity index (χ3v) is 4.40. The highest BCUT2D eigenvalue weighted by Crippen LogP contribution is 2.25. The molecular formula is C15H17BrN2S. The number of thioether (sulfide) groups is 1. The van der Waals surface area contributed by atoms with Crippen molar-refractivity contribution in [1.29, 1.82) is 0 Å². The Hall–Kier alpha value is -0.840. The van der Waals surface area contributed by atoms with Crippen LogP contribution in [0.15, 0.2) is 58.2 Å². The monoisotopic (exact) mass is 336 g/mol. The Morgan fingerprint density at radius 1 is 1.26 bits per heavy atom. The predicted octanol–water partition coefficient (Wildman–Crippen LogP) is 4.29. The van der Waals surface area contributed by atoms with Gasteiger partial charge in [0.05, 0.1) is 0 Å². The number of rotatable bonds is 6. The van der Waals surface area contributed by atoms with Gasteiger partial charge in [-0.05, 0) is 42.4 Å². The molecule has 0 bridgehead atoms. The van der Waals surface area contributed by atoms with Crippen LogP contribution in [-0.2, 0) is 0 Å². The summed E-state index contributed by atoms with van der Waals surface area (Å²) in [6.07, 6.45) is 3.75. The number of aromatic nitrogens is 1. The molecule has 0 amide bonds. The summed E-state index contributed by atoms with van der Waals surface area (Å²) >= 11 is 5.32. The number of hydrogen-bond donors (Lipinski definition) is 1. The van der Waals surface area contributed by atoms with Crippen molar-refractivity contribution >= 4 is 27.7 Å². The SMILES string of the molecule is CCNC(CSc1ccc(Br)cc1)c1cccnc1. The molecule has 0 radical (unpaired) electrons. The number of nitrogens with one attached hydrogen (secondary N) is 1. The van der Waals surface area contributed by atoms with Gasteiger partial charge in [-0.15, -0.1) is 11.8 Å². The van der Waals surface area contributed by atoms with E-state index >= 15 is 0 Å². The molecule has 100 valence electrons. The van der Waals surface area contributed by atoms with E-state index in [0.717, 1.165) is 16.8 Å². The van der Waals surface area contributed by atoms with E-state index in [2.05, 4.69) is 63.5 Å². The van der Waals surface area contributed by atoms with Crippen molar-refractivity contribution < 1.29 is 0 Å². The van der Waals surface area contributed by atoms with Gasteiger partial charge in [0.15, 0.2) is 0 Å². The Morgan fingerprint density at radius 2 is 2.05 bits per heavy atom. The van der Waals surface area contributed by atoms with Crippen LogP contribution >= 0.6 is 27.7 Å². The normalized spacial score (nSPS) is 12.3. The summed E-state index contributed by atoms with van der Waals surface area (Å²) in [6.45, 7) is 3.09. The first-order valence-electron chi connectivity index (χ1n) is 6.31. The zero-order chi connectivity index (χ0) is 13.5. The van der Waals surface area contributed by atoms with Gasteiger partial charge in [-0.1, -0.05) is 28.9 Å². The average molecular weight is 337 g/mol. The first-order chi connectivity index (χ1) is 9.29. The standard InChI is InChI=1S/C15H17BrN2S/c1-2-18-15(12-4-3-9-17-10-12)11-19-14-7-5-13(16)6-8-14/h3-10,15,18H,2,11H2,1H3. The zero-order valence-corrected chi connectivity index (χ0v) is 13.2. The Morgan fingerprint density at radius 3 is 2.68 bits per heavy atom. The van der Waals surface area contributed by atoms with Crippen LogP contribution in [0.2, 0.25) is 0 Å². The highest BCUT2D eigenvalue weighted by atomic mass is 79.9. The molecule has 0 aliphatic carbocycles. The fraction of sp³-hybridized carbons (Fsp3) is 0.267. The van der Waals surface area contributed by atoms with Crippen molar-refractivity contribution in [3.8, 4) is 0 Å². The maximum Gasteiger partial charge on any atom is 0.0430 e. The van der Waals surface area contributed by atoms with Crippen LogP contribution < -0.4 is 5.32 Å². The van der Waals surface area contributed by atoms with Crippen LogP contribution in [0.25, 0.3) is 0 Å². The first kappa shape index (κ1) is 14.6. The van der Waals surface area contributed by atoms with Crippen LogP contribution in [0, 0.1) is 0 Å². The topological polar surface area (TPSA) is 24.9 Å². The van der Waals surface area contributed by atoms with Crippen molar-refractivity contribution in [2.75, 3.05) is 12.3 Å². The molecule has 0 saturated heterocycles. The average Bonchev–Trinajstić information content (AvgIpc) is 2.46. The third-order valence-electron chi connectivity index (χ3n) is 2.77. The summed E-state index contributed by atoms with van der Waals surface area (Å²) in [5.74, 6) is 1.00. The Balaban J connectivity index is 1.99. The molecule has 0 fully saturated rings. The van der Waals surface area contributed by atoms with E-state index in [9.17, 15) is 0 Å². The van der Waals surface area contributed by atoms with Gasteiger partial charge >= 0.3 is 0 Å². The maximum atomic E-state index is 4.20. The summed E-state index contributed by atoms with van der Waals surface area (Å²) in [4.78, 5) is 5.49. The van der Waals surface area contributed by atoms with Crippen LogP contribution in [0.3, 0.4) is 0 Å². The molecule has 0 aliphatic heterocycles. The minimum atomic E-state index is 0.340. The molecule has 2 rings (SSSR count). The van der Waals surface area contributed by atoms with E-state index in [1.165, 1.54) is 10.5 Å². The van der Waals surface area contributed by atoms with Gasteiger partial charge in [0.2, 0.25) is 0 Å². The molecule has 0 spiro atoms. The van der Waals surface area contributed by atoms with Crippen LogP contribution in [0.5, 0.6) is 0 Å². The van der Waals surface area contributed by atoms with Crippen molar-refractivity contribution in [1.82, 2.24) is 10.3 Å². The predicted molar refractivity (Wildman–Crippen MR) is 85.5 cm³/mol. The maximum absolute atomic E-state index is 4.20. The van der Waals surface area contributed by atoms with Gasteiger partial charge in [0, 0.05) is 33.6 Å². The minimum absolute atomic E-state index is 0.340. The molecule has 1 aromatic carbocycles. The van der Waals surface area contributed by atoms with E-state index in [-0.39, 0.29) is 0 Å². The quantitative estimate of drug-likeness (QED) is 0.796. The lowest BCUT2D eigenvalue weighted by molar-refractivity contribution is 0.604. The largest absolute Gasteiger partial charge is 0.309 e. The van der Waals surface area contributed by atoms with E-state index in [0.29, 0.717) is 6.04 Å². The molecule has 0 aliphatic rings. The summed E-state index contributed by atoms with van der Waals surface area (Å²) in [7, 11) is 0. The fourth-order valence-electron chi connectivity index (χ4n) is 1.81. The Bertz CT molecular complexity index is 487. The summed E-state index contributed by atoms with van der Waals surface area (Å²) < 4.78 is 1.12. The number of nitrogens with zero attached hydrogens (tertiary/aromatic N) is 1. The van der Waals surface area contributed by atoms with Crippen LogP contribution in [0.4, 0.5) is 0 Å². The van der Waals surface area contributed by atoms with Crippen molar-refractivity contribution in [2.24, 2.45) is 0 Å². The second kappa shape index (κ2) is 7.68. The molecule has 1 unspecified atom stereocenters. The van der Waals surface area contributed by atoms with Crippen molar-refractivity contribution in [2.45, 2.75) is 17.9 Å². The number of pyridine rings is 1. The van der Waals surface area contributed by atoms with Gasteiger partial charge in [-0.2, -0.15) is 0 Å². The third kappa shape index (κ3) is 4.64. The lowest BCUT2D eigenvalue weighted by Gasteiger charge is -2.17. The molecule has 4 heteroatoms. The van der Waals surface area contributed by atoms with Gasteiger partial charge in [0.25, 0.3) is 0 Å². The molecule has 1 N–H and O–H groups in total.